The van der Waals surface area contributed by atoms with E-state index in [-0.39, 0.29) is 0 Å². The quantitative estimate of drug-likeness (QED) is 0.453. The van der Waals surface area contributed by atoms with Crippen molar-refractivity contribution in [2.24, 2.45) is 11.8 Å². The van der Waals surface area contributed by atoms with Crippen molar-refractivity contribution in [3.8, 4) is 0 Å². The summed E-state index contributed by atoms with van der Waals surface area (Å²) in [5, 5.41) is 0. The van der Waals surface area contributed by atoms with Crippen LogP contribution in [0.5, 0.6) is 0 Å². The minimum atomic E-state index is 0.618. The molecule has 0 bridgehead atoms. The number of aldehydes is 1. The Balaban J connectivity index is 2.09. The van der Waals surface area contributed by atoms with Gasteiger partial charge in [0.2, 0.25) is 0 Å². The molecule has 0 spiro atoms. The molecule has 1 nitrogen and oxygen atoms in total. The number of hydrogen-bond donors (Lipinski definition) is 0. The molecule has 2 aliphatic rings. The van der Waals surface area contributed by atoms with Crippen LogP contribution in [0.15, 0.2) is 11.6 Å². The monoisotopic (exact) mass is 164 g/mol. The van der Waals surface area contributed by atoms with E-state index >= 15 is 0 Å². The molecule has 0 aliphatic heterocycles. The molecule has 1 heteroatoms. The maximum atomic E-state index is 10.4. The fourth-order valence-electron chi connectivity index (χ4n) is 2.72. The summed E-state index contributed by atoms with van der Waals surface area (Å²) in [6, 6.07) is 0. The Hall–Kier alpha value is -0.590. The van der Waals surface area contributed by atoms with Gasteiger partial charge in [0, 0.05) is 6.42 Å². The zero-order chi connectivity index (χ0) is 8.39. The van der Waals surface area contributed by atoms with Crippen LogP contribution < -0.4 is 0 Å². The molecule has 0 aromatic carbocycles. The van der Waals surface area contributed by atoms with Crippen molar-refractivity contribution in [3.05, 3.63) is 11.6 Å². The van der Waals surface area contributed by atoms with Gasteiger partial charge in [-0.1, -0.05) is 11.6 Å². The second-order valence-electron chi connectivity index (χ2n) is 4.01. The first-order chi connectivity index (χ1) is 5.92. The van der Waals surface area contributed by atoms with Crippen LogP contribution in [0.25, 0.3) is 0 Å². The van der Waals surface area contributed by atoms with Gasteiger partial charge in [0.05, 0.1) is 0 Å². The van der Waals surface area contributed by atoms with E-state index in [4.69, 9.17) is 0 Å². The highest BCUT2D eigenvalue weighted by Crippen LogP contribution is 2.43. The Kier molecular flexibility index (Phi) is 2.29. The van der Waals surface area contributed by atoms with Gasteiger partial charge in [-0.3, -0.25) is 0 Å². The third-order valence-electron chi connectivity index (χ3n) is 3.32. The summed E-state index contributed by atoms with van der Waals surface area (Å²) in [6.45, 7) is 0. The van der Waals surface area contributed by atoms with Crippen molar-refractivity contribution in [1.29, 1.82) is 0 Å². The first-order valence-electron chi connectivity index (χ1n) is 5.05. The van der Waals surface area contributed by atoms with Gasteiger partial charge in [-0.05, 0) is 43.9 Å². The van der Waals surface area contributed by atoms with Crippen molar-refractivity contribution >= 4 is 6.29 Å². The lowest BCUT2D eigenvalue weighted by molar-refractivity contribution is -0.108. The molecular formula is C11H16O. The Bertz CT molecular complexity index is 205. The third-order valence-corrected chi connectivity index (χ3v) is 3.32. The first-order valence-corrected chi connectivity index (χ1v) is 5.05. The number of allylic oxidation sites excluding steroid dienone is 2. The number of hydrogen-bond acceptors (Lipinski definition) is 1. The molecule has 0 heterocycles. The van der Waals surface area contributed by atoms with Gasteiger partial charge in [0.15, 0.2) is 0 Å². The highest BCUT2D eigenvalue weighted by atomic mass is 16.1. The van der Waals surface area contributed by atoms with Gasteiger partial charge in [-0.15, -0.1) is 0 Å². The second-order valence-corrected chi connectivity index (χ2v) is 4.01. The van der Waals surface area contributed by atoms with Crippen LogP contribution in [0.3, 0.4) is 0 Å². The lowest BCUT2D eigenvalue weighted by Crippen LogP contribution is -2.06. The van der Waals surface area contributed by atoms with Crippen LogP contribution in [0.1, 0.15) is 38.5 Å². The average Bonchev–Trinajstić information content (AvgIpc) is 2.50. The molecule has 2 aliphatic carbocycles. The van der Waals surface area contributed by atoms with Gasteiger partial charge in [-0.2, -0.15) is 0 Å². The SMILES string of the molecule is O=CCC1CCC2CCCC=C12. The summed E-state index contributed by atoms with van der Waals surface area (Å²) in [5.74, 6) is 1.47. The lowest BCUT2D eigenvalue weighted by Gasteiger charge is -2.19. The summed E-state index contributed by atoms with van der Waals surface area (Å²) in [6.07, 6.45) is 10.8. The van der Waals surface area contributed by atoms with Crippen LogP contribution in [-0.2, 0) is 4.79 Å². The Labute approximate surface area is 73.8 Å². The fourth-order valence-corrected chi connectivity index (χ4v) is 2.72. The van der Waals surface area contributed by atoms with Crippen molar-refractivity contribution < 1.29 is 4.79 Å². The smallest absolute Gasteiger partial charge is 0.120 e. The fraction of sp³-hybridized carbons (Fsp3) is 0.727. The van der Waals surface area contributed by atoms with Crippen molar-refractivity contribution in [1.82, 2.24) is 0 Å². The molecule has 12 heavy (non-hydrogen) atoms. The summed E-state index contributed by atoms with van der Waals surface area (Å²) in [5.41, 5.74) is 1.62. The molecule has 0 N–H and O–H groups in total. The molecule has 2 rings (SSSR count). The van der Waals surface area contributed by atoms with Crippen LogP contribution >= 0.6 is 0 Å². The summed E-state index contributed by atoms with van der Waals surface area (Å²) in [7, 11) is 0. The topological polar surface area (TPSA) is 17.1 Å². The Morgan fingerprint density at radius 3 is 3.17 bits per heavy atom. The molecule has 0 saturated heterocycles. The molecular weight excluding hydrogens is 148 g/mol. The molecule has 1 saturated carbocycles. The minimum Gasteiger partial charge on any atom is -0.303 e. The zero-order valence-electron chi connectivity index (χ0n) is 7.46. The highest BCUT2D eigenvalue weighted by Gasteiger charge is 2.30. The van der Waals surface area contributed by atoms with E-state index in [2.05, 4.69) is 6.08 Å². The van der Waals surface area contributed by atoms with E-state index in [0.29, 0.717) is 5.92 Å². The third kappa shape index (κ3) is 1.33. The molecule has 1 fully saturated rings. The number of fused-ring (bicyclic) bond motifs is 1. The average molecular weight is 164 g/mol. The van der Waals surface area contributed by atoms with E-state index in [0.717, 1.165) is 18.6 Å². The van der Waals surface area contributed by atoms with Crippen molar-refractivity contribution in [2.75, 3.05) is 0 Å². The van der Waals surface area contributed by atoms with Gasteiger partial charge in [0.1, 0.15) is 6.29 Å². The van der Waals surface area contributed by atoms with Crippen LogP contribution in [0.4, 0.5) is 0 Å². The van der Waals surface area contributed by atoms with Crippen LogP contribution in [0.2, 0.25) is 0 Å². The largest absolute Gasteiger partial charge is 0.303 e. The number of carbonyl (C=O) groups is 1. The van der Waals surface area contributed by atoms with Gasteiger partial charge in [0.25, 0.3) is 0 Å². The molecule has 0 radical (unpaired) electrons. The predicted molar refractivity (Wildman–Crippen MR) is 48.8 cm³/mol. The standard InChI is InChI=1S/C11H16O/c12-8-7-10-6-5-9-3-1-2-4-11(9)10/h4,8-10H,1-3,5-7H2. The Morgan fingerprint density at radius 1 is 1.42 bits per heavy atom. The maximum absolute atomic E-state index is 10.4. The number of rotatable bonds is 2. The van der Waals surface area contributed by atoms with Gasteiger partial charge in [-0.25, -0.2) is 0 Å². The van der Waals surface area contributed by atoms with E-state index in [1.54, 1.807) is 5.57 Å². The molecule has 0 amide bonds. The van der Waals surface area contributed by atoms with Crippen LogP contribution in [0, 0.1) is 11.8 Å². The minimum absolute atomic E-state index is 0.618. The summed E-state index contributed by atoms with van der Waals surface area (Å²) < 4.78 is 0. The molecule has 2 atom stereocenters. The van der Waals surface area contributed by atoms with E-state index < -0.39 is 0 Å². The van der Waals surface area contributed by atoms with Crippen molar-refractivity contribution in [2.45, 2.75) is 38.5 Å². The predicted octanol–water partition coefficient (Wildman–Crippen LogP) is 2.71. The molecule has 0 aromatic rings. The zero-order valence-corrected chi connectivity index (χ0v) is 7.46. The molecule has 0 aromatic heterocycles. The lowest BCUT2D eigenvalue weighted by atomic mass is 9.86. The molecule has 66 valence electrons. The maximum Gasteiger partial charge on any atom is 0.120 e. The van der Waals surface area contributed by atoms with E-state index in [1.165, 1.54) is 32.1 Å². The second kappa shape index (κ2) is 3.42. The summed E-state index contributed by atoms with van der Waals surface area (Å²) >= 11 is 0. The van der Waals surface area contributed by atoms with E-state index in [9.17, 15) is 4.79 Å². The first kappa shape index (κ1) is 8.03. The molecule has 2 unspecified atom stereocenters. The van der Waals surface area contributed by atoms with E-state index in [1.807, 2.05) is 0 Å². The summed E-state index contributed by atoms with van der Waals surface area (Å²) in [4.78, 5) is 10.4. The number of carbonyl (C=O) groups excluding carboxylic acids is 1. The Morgan fingerprint density at radius 2 is 2.33 bits per heavy atom. The van der Waals surface area contributed by atoms with Gasteiger partial charge < -0.3 is 4.79 Å². The van der Waals surface area contributed by atoms with Crippen molar-refractivity contribution in [3.63, 3.8) is 0 Å². The highest BCUT2D eigenvalue weighted by molar-refractivity contribution is 5.51. The van der Waals surface area contributed by atoms with Gasteiger partial charge >= 0.3 is 0 Å². The normalized spacial score (nSPS) is 34.2. The van der Waals surface area contributed by atoms with Crippen LogP contribution in [-0.4, -0.2) is 6.29 Å².